The van der Waals surface area contributed by atoms with Crippen molar-refractivity contribution in [2.24, 2.45) is 5.92 Å². The van der Waals surface area contributed by atoms with Gasteiger partial charge in [0.25, 0.3) is 0 Å². The number of benzene rings is 2. The van der Waals surface area contributed by atoms with Gasteiger partial charge >= 0.3 is 12.1 Å². The van der Waals surface area contributed by atoms with E-state index in [-0.39, 0.29) is 5.97 Å². The lowest BCUT2D eigenvalue weighted by atomic mass is 9.90. The SMILES string of the molecule is CCOc1cc(-c2ccc(C(F)(F)F)cc2)cc(C(CC2CC2)C(=O)OC)c1. The highest BCUT2D eigenvalue weighted by Gasteiger charge is 2.32. The zero-order valence-electron chi connectivity index (χ0n) is 15.9. The van der Waals surface area contributed by atoms with E-state index >= 15 is 0 Å². The monoisotopic (exact) mass is 392 g/mol. The largest absolute Gasteiger partial charge is 0.494 e. The highest BCUT2D eigenvalue weighted by atomic mass is 19.4. The Morgan fingerprint density at radius 2 is 1.79 bits per heavy atom. The minimum Gasteiger partial charge on any atom is -0.494 e. The Morgan fingerprint density at radius 3 is 2.32 bits per heavy atom. The first-order valence-corrected chi connectivity index (χ1v) is 9.35. The second-order valence-electron chi connectivity index (χ2n) is 7.05. The average molecular weight is 392 g/mol. The zero-order chi connectivity index (χ0) is 20.3. The van der Waals surface area contributed by atoms with E-state index in [2.05, 4.69) is 0 Å². The van der Waals surface area contributed by atoms with E-state index in [1.807, 2.05) is 19.1 Å². The Morgan fingerprint density at radius 1 is 1.11 bits per heavy atom. The van der Waals surface area contributed by atoms with E-state index in [1.54, 1.807) is 6.07 Å². The number of ether oxygens (including phenoxy) is 2. The summed E-state index contributed by atoms with van der Waals surface area (Å²) in [6.45, 7) is 2.30. The molecule has 0 heterocycles. The third-order valence-corrected chi connectivity index (χ3v) is 4.94. The lowest BCUT2D eigenvalue weighted by Crippen LogP contribution is -2.15. The van der Waals surface area contributed by atoms with Crippen molar-refractivity contribution < 1.29 is 27.4 Å². The second kappa shape index (κ2) is 8.25. The number of halogens is 3. The van der Waals surface area contributed by atoms with Crippen molar-refractivity contribution in [2.75, 3.05) is 13.7 Å². The van der Waals surface area contributed by atoms with Gasteiger partial charge in [-0.05, 0) is 60.2 Å². The van der Waals surface area contributed by atoms with E-state index < -0.39 is 17.7 Å². The van der Waals surface area contributed by atoms with Crippen molar-refractivity contribution in [1.29, 1.82) is 0 Å². The standard InChI is InChI=1S/C22H23F3O3/c1-3-28-19-12-16(15-6-8-18(9-7-15)22(23,24)25)11-17(13-19)20(21(26)27-2)10-14-4-5-14/h6-9,11-14,20H,3-5,10H2,1-2H3. The number of hydrogen-bond acceptors (Lipinski definition) is 3. The highest BCUT2D eigenvalue weighted by Crippen LogP contribution is 2.41. The topological polar surface area (TPSA) is 35.5 Å². The van der Waals surface area contributed by atoms with Crippen LogP contribution < -0.4 is 4.74 Å². The number of carbonyl (C=O) groups excluding carboxylic acids is 1. The van der Waals surface area contributed by atoms with Crippen LogP contribution in [-0.4, -0.2) is 19.7 Å². The number of carbonyl (C=O) groups is 1. The molecule has 150 valence electrons. The number of rotatable bonds is 7. The minimum absolute atomic E-state index is 0.307. The van der Waals surface area contributed by atoms with Crippen molar-refractivity contribution in [3.05, 3.63) is 53.6 Å². The van der Waals surface area contributed by atoms with Crippen molar-refractivity contribution in [2.45, 2.75) is 38.3 Å². The molecule has 1 unspecified atom stereocenters. The maximum Gasteiger partial charge on any atom is 0.416 e. The summed E-state index contributed by atoms with van der Waals surface area (Å²) in [4.78, 5) is 12.4. The smallest absolute Gasteiger partial charge is 0.416 e. The second-order valence-corrected chi connectivity index (χ2v) is 7.05. The van der Waals surface area contributed by atoms with Gasteiger partial charge in [0, 0.05) is 0 Å². The van der Waals surface area contributed by atoms with Gasteiger partial charge in [-0.3, -0.25) is 4.79 Å². The van der Waals surface area contributed by atoms with Gasteiger partial charge in [0.2, 0.25) is 0 Å². The molecule has 0 N–H and O–H groups in total. The third-order valence-electron chi connectivity index (χ3n) is 4.94. The molecule has 0 radical (unpaired) electrons. The molecule has 1 atom stereocenters. The van der Waals surface area contributed by atoms with E-state index in [0.717, 1.165) is 30.5 Å². The summed E-state index contributed by atoms with van der Waals surface area (Å²) in [5.74, 6) is 0.374. The van der Waals surface area contributed by atoms with Gasteiger partial charge in [0.05, 0.1) is 25.2 Å². The van der Waals surface area contributed by atoms with Crippen LogP contribution >= 0.6 is 0 Å². The average Bonchev–Trinajstić information content (AvgIpc) is 3.49. The molecule has 1 fully saturated rings. The first kappa shape index (κ1) is 20.2. The van der Waals surface area contributed by atoms with Gasteiger partial charge in [-0.2, -0.15) is 13.2 Å². The van der Waals surface area contributed by atoms with Crippen LogP contribution in [0, 0.1) is 5.92 Å². The quantitative estimate of drug-likeness (QED) is 0.556. The molecule has 28 heavy (non-hydrogen) atoms. The Kier molecular flexibility index (Phi) is 5.96. The third kappa shape index (κ3) is 4.86. The molecule has 1 aliphatic carbocycles. The molecule has 3 nitrogen and oxygen atoms in total. The fourth-order valence-electron chi connectivity index (χ4n) is 3.29. The van der Waals surface area contributed by atoms with Crippen LogP contribution in [0.4, 0.5) is 13.2 Å². The summed E-state index contributed by atoms with van der Waals surface area (Å²) in [6, 6.07) is 10.4. The molecular formula is C22H23F3O3. The molecule has 1 saturated carbocycles. The predicted octanol–water partition coefficient (Wildman–Crippen LogP) is 5.83. The molecule has 0 saturated heterocycles. The maximum atomic E-state index is 12.8. The Bertz CT molecular complexity index is 824. The van der Waals surface area contributed by atoms with Crippen molar-refractivity contribution in [3.8, 4) is 16.9 Å². The first-order valence-electron chi connectivity index (χ1n) is 9.35. The van der Waals surface area contributed by atoms with Gasteiger partial charge in [0.1, 0.15) is 5.75 Å². The Balaban J connectivity index is 1.99. The van der Waals surface area contributed by atoms with Crippen LogP contribution in [0.1, 0.15) is 43.2 Å². The van der Waals surface area contributed by atoms with Crippen molar-refractivity contribution >= 4 is 5.97 Å². The van der Waals surface area contributed by atoms with Gasteiger partial charge < -0.3 is 9.47 Å². The van der Waals surface area contributed by atoms with Crippen LogP contribution in [0.25, 0.3) is 11.1 Å². The van der Waals surface area contributed by atoms with Crippen LogP contribution in [0.3, 0.4) is 0 Å². The van der Waals surface area contributed by atoms with Crippen molar-refractivity contribution in [3.63, 3.8) is 0 Å². The number of methoxy groups -OCH3 is 1. The summed E-state index contributed by atoms with van der Waals surface area (Å²) in [5, 5.41) is 0. The van der Waals surface area contributed by atoms with Crippen molar-refractivity contribution in [1.82, 2.24) is 0 Å². The van der Waals surface area contributed by atoms with Gasteiger partial charge in [0.15, 0.2) is 0 Å². The molecule has 0 bridgehead atoms. The Hall–Kier alpha value is -2.50. The first-order chi connectivity index (χ1) is 13.3. The lowest BCUT2D eigenvalue weighted by Gasteiger charge is -2.18. The molecule has 2 aromatic rings. The fourth-order valence-corrected chi connectivity index (χ4v) is 3.29. The summed E-state index contributed by atoms with van der Waals surface area (Å²) >= 11 is 0. The van der Waals surface area contributed by atoms with E-state index in [0.29, 0.717) is 35.8 Å². The molecule has 2 aromatic carbocycles. The van der Waals surface area contributed by atoms with Crippen LogP contribution in [0.2, 0.25) is 0 Å². The fraction of sp³-hybridized carbons (Fsp3) is 0.409. The zero-order valence-corrected chi connectivity index (χ0v) is 15.9. The van der Waals surface area contributed by atoms with Gasteiger partial charge in [-0.15, -0.1) is 0 Å². The number of alkyl halides is 3. The Labute approximate surface area is 162 Å². The minimum atomic E-state index is -4.38. The molecule has 1 aliphatic rings. The summed E-state index contributed by atoms with van der Waals surface area (Å²) in [5.41, 5.74) is 1.41. The summed E-state index contributed by atoms with van der Waals surface area (Å²) in [7, 11) is 1.37. The summed E-state index contributed by atoms with van der Waals surface area (Å²) < 4.78 is 49.1. The molecular weight excluding hydrogens is 369 g/mol. The van der Waals surface area contributed by atoms with Gasteiger partial charge in [-0.1, -0.05) is 31.0 Å². The normalized spacial score (nSPS) is 15.2. The molecule has 0 spiro atoms. The highest BCUT2D eigenvalue weighted by molar-refractivity contribution is 5.79. The predicted molar refractivity (Wildman–Crippen MR) is 100 cm³/mol. The maximum absolute atomic E-state index is 12.8. The van der Waals surface area contributed by atoms with Crippen LogP contribution in [0.15, 0.2) is 42.5 Å². The lowest BCUT2D eigenvalue weighted by molar-refractivity contribution is -0.142. The van der Waals surface area contributed by atoms with E-state index in [4.69, 9.17) is 9.47 Å². The van der Waals surface area contributed by atoms with Crippen LogP contribution in [0.5, 0.6) is 5.75 Å². The molecule has 0 aromatic heterocycles. The molecule has 0 amide bonds. The molecule has 6 heteroatoms. The van der Waals surface area contributed by atoms with E-state index in [1.165, 1.54) is 19.2 Å². The summed E-state index contributed by atoms with van der Waals surface area (Å²) in [6.07, 6.45) is -1.47. The number of hydrogen-bond donors (Lipinski definition) is 0. The van der Waals surface area contributed by atoms with Crippen LogP contribution in [-0.2, 0) is 15.7 Å². The molecule has 3 rings (SSSR count). The number of esters is 1. The molecule has 0 aliphatic heterocycles. The van der Waals surface area contributed by atoms with Gasteiger partial charge in [-0.25, -0.2) is 0 Å². The van der Waals surface area contributed by atoms with E-state index in [9.17, 15) is 18.0 Å².